The van der Waals surface area contributed by atoms with Gasteiger partial charge in [-0.2, -0.15) is 8.42 Å². The molecule has 1 aliphatic carbocycles. The molecule has 0 aliphatic heterocycles. The van der Waals surface area contributed by atoms with E-state index >= 15 is 0 Å². The van der Waals surface area contributed by atoms with Crippen LogP contribution in [0.2, 0.25) is 5.04 Å². The Hall–Kier alpha value is -2.25. The molecule has 6 heteroatoms. The van der Waals surface area contributed by atoms with Crippen LogP contribution in [-0.2, 0) is 25.1 Å². The molecule has 0 amide bonds. The highest BCUT2D eigenvalue weighted by atomic mass is 32.2. The van der Waals surface area contributed by atoms with Crippen LogP contribution in [-0.4, -0.2) is 35.2 Å². The summed E-state index contributed by atoms with van der Waals surface area (Å²) in [5.41, 5.74) is 1.23. The SMILES string of the molecule is CC(C)(C)[Si](O[C@H]1CC[C@H](OS(C)(=O)=O)C[C@@H]1Cc1ccccc1)(c1ccccc1)c1ccccc1. The summed E-state index contributed by atoms with van der Waals surface area (Å²) >= 11 is 0. The normalized spacial score (nSPS) is 21.3. The maximum absolute atomic E-state index is 11.9. The quantitative estimate of drug-likeness (QED) is 0.297. The molecule has 3 atom stereocenters. The number of hydrogen-bond acceptors (Lipinski definition) is 4. The summed E-state index contributed by atoms with van der Waals surface area (Å²) in [4.78, 5) is 0. The summed E-state index contributed by atoms with van der Waals surface area (Å²) in [6.07, 6.45) is 3.75. The van der Waals surface area contributed by atoms with Crippen molar-refractivity contribution in [2.75, 3.05) is 6.26 Å². The van der Waals surface area contributed by atoms with Gasteiger partial charge in [-0.1, -0.05) is 112 Å². The van der Waals surface area contributed by atoms with Gasteiger partial charge in [0.25, 0.3) is 18.4 Å². The Bertz CT molecular complexity index is 1170. The molecule has 0 aromatic heterocycles. The van der Waals surface area contributed by atoms with Crippen LogP contribution in [0.5, 0.6) is 0 Å². The molecule has 3 aromatic rings. The highest BCUT2D eigenvalue weighted by Gasteiger charge is 2.52. The van der Waals surface area contributed by atoms with Crippen LogP contribution in [0.3, 0.4) is 0 Å². The van der Waals surface area contributed by atoms with Crippen LogP contribution in [0.4, 0.5) is 0 Å². The molecule has 0 saturated heterocycles. The van der Waals surface area contributed by atoms with Gasteiger partial charge >= 0.3 is 0 Å². The van der Waals surface area contributed by atoms with Gasteiger partial charge in [0.05, 0.1) is 12.4 Å². The second kappa shape index (κ2) is 11.0. The highest BCUT2D eigenvalue weighted by Crippen LogP contribution is 2.41. The standard InChI is InChI=1S/C30H38O4SSi/c1-30(2,3)36(27-16-10-6-11-17-27,28-18-12-7-13-19-28)34-29-21-20-26(33-35(4,31)32)23-25(29)22-24-14-8-5-9-15-24/h5-19,25-26,29H,20-23H2,1-4H3/t25-,26-,29-/m0/s1. The third kappa shape index (κ3) is 6.17. The average molecular weight is 523 g/mol. The third-order valence-corrected chi connectivity index (χ3v) is 12.9. The number of hydrogen-bond donors (Lipinski definition) is 0. The van der Waals surface area contributed by atoms with Crippen LogP contribution in [0.1, 0.15) is 45.6 Å². The second-order valence-electron chi connectivity index (χ2n) is 11.0. The van der Waals surface area contributed by atoms with Crippen LogP contribution in [0.15, 0.2) is 91.0 Å². The summed E-state index contributed by atoms with van der Waals surface area (Å²) in [5, 5.41) is 2.40. The van der Waals surface area contributed by atoms with Crippen molar-refractivity contribution in [1.82, 2.24) is 0 Å². The van der Waals surface area contributed by atoms with E-state index < -0.39 is 18.4 Å². The van der Waals surface area contributed by atoms with E-state index in [0.29, 0.717) is 12.8 Å². The van der Waals surface area contributed by atoms with Gasteiger partial charge < -0.3 is 4.43 Å². The monoisotopic (exact) mass is 522 g/mol. The maximum Gasteiger partial charge on any atom is 0.264 e. The van der Waals surface area contributed by atoms with Gasteiger partial charge in [-0.3, -0.25) is 4.18 Å². The molecule has 3 aromatic carbocycles. The molecule has 1 aliphatic rings. The summed E-state index contributed by atoms with van der Waals surface area (Å²) in [6.45, 7) is 6.89. The molecule has 1 saturated carbocycles. The fourth-order valence-corrected chi connectivity index (χ4v) is 11.2. The fraction of sp³-hybridized carbons (Fsp3) is 0.400. The molecule has 0 bridgehead atoms. The predicted molar refractivity (Wildman–Crippen MR) is 150 cm³/mol. The van der Waals surface area contributed by atoms with Crippen molar-refractivity contribution in [3.8, 4) is 0 Å². The molecule has 36 heavy (non-hydrogen) atoms. The zero-order chi connectivity index (χ0) is 25.8. The first kappa shape index (κ1) is 26.8. The summed E-state index contributed by atoms with van der Waals surface area (Å²) in [6, 6.07) is 31.8. The Kier molecular flexibility index (Phi) is 8.20. The Labute approximate surface area is 217 Å². The van der Waals surface area contributed by atoms with Gasteiger partial charge in [0.1, 0.15) is 0 Å². The van der Waals surface area contributed by atoms with Crippen molar-refractivity contribution in [1.29, 1.82) is 0 Å². The largest absolute Gasteiger partial charge is 0.404 e. The smallest absolute Gasteiger partial charge is 0.264 e. The van der Waals surface area contributed by atoms with Crippen LogP contribution in [0, 0.1) is 5.92 Å². The average Bonchev–Trinajstić information content (AvgIpc) is 2.84. The Morgan fingerprint density at radius 3 is 1.78 bits per heavy atom. The van der Waals surface area contributed by atoms with E-state index in [9.17, 15) is 8.42 Å². The molecular weight excluding hydrogens is 484 g/mol. The van der Waals surface area contributed by atoms with E-state index in [2.05, 4.69) is 106 Å². The van der Waals surface area contributed by atoms with E-state index in [0.717, 1.165) is 19.1 Å². The Balaban J connectivity index is 1.76. The van der Waals surface area contributed by atoms with Crippen LogP contribution < -0.4 is 10.4 Å². The van der Waals surface area contributed by atoms with Gasteiger partial charge in [0.2, 0.25) is 0 Å². The molecule has 0 radical (unpaired) electrons. The minimum atomic E-state index is -3.51. The molecule has 0 spiro atoms. The molecule has 4 rings (SSSR count). The van der Waals surface area contributed by atoms with Crippen molar-refractivity contribution >= 4 is 28.8 Å². The summed E-state index contributed by atoms with van der Waals surface area (Å²) in [7, 11) is -6.24. The first-order valence-corrected chi connectivity index (χ1v) is 16.5. The first-order chi connectivity index (χ1) is 17.1. The minimum Gasteiger partial charge on any atom is -0.404 e. The fourth-order valence-electron chi connectivity index (χ4n) is 5.73. The van der Waals surface area contributed by atoms with E-state index in [1.807, 2.05) is 6.07 Å². The second-order valence-corrected chi connectivity index (χ2v) is 16.9. The molecule has 0 heterocycles. The van der Waals surface area contributed by atoms with Gasteiger partial charge in [-0.05, 0) is 52.6 Å². The molecular formula is C30H38O4SSi. The lowest BCUT2D eigenvalue weighted by atomic mass is 9.81. The van der Waals surface area contributed by atoms with E-state index in [1.54, 1.807) is 0 Å². The third-order valence-electron chi connectivity index (χ3n) is 7.26. The lowest BCUT2D eigenvalue weighted by Gasteiger charge is -2.48. The van der Waals surface area contributed by atoms with Gasteiger partial charge in [0.15, 0.2) is 0 Å². The maximum atomic E-state index is 11.9. The van der Waals surface area contributed by atoms with Crippen molar-refractivity contribution in [3.05, 3.63) is 96.6 Å². The lowest BCUT2D eigenvalue weighted by Crippen LogP contribution is -2.68. The lowest BCUT2D eigenvalue weighted by molar-refractivity contribution is 0.0291. The molecule has 0 unspecified atom stereocenters. The van der Waals surface area contributed by atoms with Gasteiger partial charge in [-0.25, -0.2) is 0 Å². The van der Waals surface area contributed by atoms with Crippen LogP contribution in [0.25, 0.3) is 0 Å². The molecule has 4 nitrogen and oxygen atoms in total. The van der Waals surface area contributed by atoms with Crippen molar-refractivity contribution in [2.45, 2.75) is 63.7 Å². The minimum absolute atomic E-state index is 0.00378. The van der Waals surface area contributed by atoms with E-state index in [4.69, 9.17) is 8.61 Å². The zero-order valence-electron chi connectivity index (χ0n) is 21.8. The predicted octanol–water partition coefficient (Wildman–Crippen LogP) is 5.32. The topological polar surface area (TPSA) is 52.6 Å². The summed E-state index contributed by atoms with van der Waals surface area (Å²) in [5.74, 6) is 0.148. The van der Waals surface area contributed by atoms with E-state index in [-0.39, 0.29) is 23.2 Å². The Morgan fingerprint density at radius 2 is 1.31 bits per heavy atom. The first-order valence-electron chi connectivity index (χ1n) is 12.8. The van der Waals surface area contributed by atoms with Gasteiger partial charge in [-0.15, -0.1) is 0 Å². The number of rotatable bonds is 8. The van der Waals surface area contributed by atoms with Gasteiger partial charge in [0, 0.05) is 6.10 Å². The Morgan fingerprint density at radius 1 is 0.806 bits per heavy atom. The summed E-state index contributed by atoms with van der Waals surface area (Å²) < 4.78 is 36.9. The number of benzene rings is 3. The molecule has 192 valence electrons. The van der Waals surface area contributed by atoms with Crippen molar-refractivity contribution in [2.24, 2.45) is 5.92 Å². The zero-order valence-corrected chi connectivity index (χ0v) is 23.6. The van der Waals surface area contributed by atoms with Crippen molar-refractivity contribution in [3.63, 3.8) is 0 Å². The molecule has 0 N–H and O–H groups in total. The van der Waals surface area contributed by atoms with Crippen molar-refractivity contribution < 1.29 is 17.0 Å². The highest BCUT2D eigenvalue weighted by molar-refractivity contribution is 7.86. The van der Waals surface area contributed by atoms with E-state index in [1.165, 1.54) is 15.9 Å². The molecule has 1 fully saturated rings. The van der Waals surface area contributed by atoms with Crippen LogP contribution >= 0.6 is 0 Å².